The van der Waals surface area contributed by atoms with E-state index in [4.69, 9.17) is 21.1 Å². The maximum Gasteiger partial charge on any atom is 0.162 e. The highest BCUT2D eigenvalue weighted by Crippen LogP contribution is 2.40. The third-order valence-electron chi connectivity index (χ3n) is 4.02. The van der Waals surface area contributed by atoms with Gasteiger partial charge in [0.1, 0.15) is 0 Å². The molecule has 5 heteroatoms. The standard InChI is InChI=1S/C15H20ClNO3/c16-12-9-14-13(19-6-1-7-20-14)8-11(12)15(18)10-2-4-17-5-3-10/h8-10,15,17-18H,1-7H2. The maximum atomic E-state index is 10.6. The summed E-state index contributed by atoms with van der Waals surface area (Å²) in [6, 6.07) is 3.61. The smallest absolute Gasteiger partial charge is 0.162 e. The molecular formula is C15H20ClNO3. The van der Waals surface area contributed by atoms with Crippen molar-refractivity contribution >= 4 is 11.6 Å². The molecule has 110 valence electrons. The van der Waals surface area contributed by atoms with Crippen molar-refractivity contribution in [2.75, 3.05) is 26.3 Å². The van der Waals surface area contributed by atoms with E-state index >= 15 is 0 Å². The summed E-state index contributed by atoms with van der Waals surface area (Å²) in [7, 11) is 0. The Morgan fingerprint density at radius 2 is 1.80 bits per heavy atom. The second-order valence-corrected chi connectivity index (χ2v) is 5.81. The van der Waals surface area contributed by atoms with Gasteiger partial charge in [0.15, 0.2) is 11.5 Å². The molecule has 0 amide bonds. The van der Waals surface area contributed by atoms with Gasteiger partial charge in [-0.25, -0.2) is 0 Å². The lowest BCUT2D eigenvalue weighted by Crippen LogP contribution is -2.30. The van der Waals surface area contributed by atoms with Gasteiger partial charge in [0.25, 0.3) is 0 Å². The van der Waals surface area contributed by atoms with E-state index in [0.29, 0.717) is 29.7 Å². The highest BCUT2D eigenvalue weighted by Gasteiger charge is 2.26. The number of benzene rings is 1. The number of hydrogen-bond donors (Lipinski definition) is 2. The van der Waals surface area contributed by atoms with Crippen LogP contribution < -0.4 is 14.8 Å². The van der Waals surface area contributed by atoms with Gasteiger partial charge in [0.05, 0.1) is 24.3 Å². The van der Waals surface area contributed by atoms with Crippen LogP contribution in [-0.4, -0.2) is 31.4 Å². The number of ether oxygens (including phenoxy) is 2. The van der Waals surface area contributed by atoms with E-state index in [1.807, 2.05) is 6.07 Å². The highest BCUT2D eigenvalue weighted by molar-refractivity contribution is 6.31. The number of aliphatic hydroxyl groups is 1. The predicted molar refractivity (Wildman–Crippen MR) is 77.6 cm³/mol. The van der Waals surface area contributed by atoms with E-state index in [9.17, 15) is 5.11 Å². The topological polar surface area (TPSA) is 50.7 Å². The van der Waals surface area contributed by atoms with Gasteiger partial charge in [-0.1, -0.05) is 11.6 Å². The first-order chi connectivity index (χ1) is 9.75. The van der Waals surface area contributed by atoms with E-state index in [1.165, 1.54) is 0 Å². The highest BCUT2D eigenvalue weighted by atomic mass is 35.5. The Morgan fingerprint density at radius 1 is 1.15 bits per heavy atom. The van der Waals surface area contributed by atoms with E-state index < -0.39 is 6.10 Å². The molecule has 0 radical (unpaired) electrons. The van der Waals surface area contributed by atoms with Gasteiger partial charge >= 0.3 is 0 Å². The normalized spacial score (nSPS) is 21.3. The summed E-state index contributed by atoms with van der Waals surface area (Å²) in [5.41, 5.74) is 0.753. The van der Waals surface area contributed by atoms with Crippen LogP contribution in [0.3, 0.4) is 0 Å². The Bertz CT molecular complexity index is 474. The summed E-state index contributed by atoms with van der Waals surface area (Å²) in [6.07, 6.45) is 2.25. The summed E-state index contributed by atoms with van der Waals surface area (Å²) in [5, 5.41) is 14.5. The van der Waals surface area contributed by atoms with Crippen LogP contribution in [0.5, 0.6) is 11.5 Å². The SMILES string of the molecule is OC(c1cc2c(cc1Cl)OCCCO2)C1CCNCC1. The largest absolute Gasteiger partial charge is 0.490 e. The average molecular weight is 298 g/mol. The molecule has 0 aromatic heterocycles. The van der Waals surface area contributed by atoms with Crippen LogP contribution in [0, 0.1) is 5.92 Å². The van der Waals surface area contributed by atoms with Gasteiger partial charge in [0, 0.05) is 18.1 Å². The number of hydrogen-bond acceptors (Lipinski definition) is 4. The number of rotatable bonds is 2. The van der Waals surface area contributed by atoms with Crippen LogP contribution in [0.25, 0.3) is 0 Å². The van der Waals surface area contributed by atoms with Crippen LogP contribution in [0.4, 0.5) is 0 Å². The summed E-state index contributed by atoms with van der Waals surface area (Å²) >= 11 is 6.32. The molecule has 0 spiro atoms. The first kappa shape index (κ1) is 14.0. The fourth-order valence-corrected chi connectivity index (χ4v) is 3.11. The van der Waals surface area contributed by atoms with Crippen molar-refractivity contribution in [3.8, 4) is 11.5 Å². The van der Waals surface area contributed by atoms with Crippen molar-refractivity contribution in [2.24, 2.45) is 5.92 Å². The number of piperidine rings is 1. The minimum absolute atomic E-state index is 0.249. The van der Waals surface area contributed by atoms with Crippen LogP contribution >= 0.6 is 11.6 Å². The van der Waals surface area contributed by atoms with Gasteiger partial charge in [-0.3, -0.25) is 0 Å². The third-order valence-corrected chi connectivity index (χ3v) is 4.34. The van der Waals surface area contributed by atoms with E-state index in [2.05, 4.69) is 5.32 Å². The van der Waals surface area contributed by atoms with Crippen molar-refractivity contribution in [1.29, 1.82) is 0 Å². The van der Waals surface area contributed by atoms with Crippen molar-refractivity contribution in [2.45, 2.75) is 25.4 Å². The molecule has 3 rings (SSSR count). The Labute approximate surface area is 124 Å². The van der Waals surface area contributed by atoms with E-state index in [-0.39, 0.29) is 5.92 Å². The minimum Gasteiger partial charge on any atom is -0.490 e. The van der Waals surface area contributed by atoms with Gasteiger partial charge in [0.2, 0.25) is 0 Å². The quantitative estimate of drug-likeness (QED) is 0.881. The van der Waals surface area contributed by atoms with Crippen molar-refractivity contribution in [3.63, 3.8) is 0 Å². The molecule has 1 fully saturated rings. The molecule has 1 saturated heterocycles. The van der Waals surface area contributed by atoms with Crippen LogP contribution in [0.15, 0.2) is 12.1 Å². The molecule has 4 nitrogen and oxygen atoms in total. The Balaban J connectivity index is 1.86. The molecule has 1 atom stereocenters. The summed E-state index contributed by atoms with van der Waals surface area (Å²) in [4.78, 5) is 0. The van der Waals surface area contributed by atoms with Gasteiger partial charge in [-0.2, -0.15) is 0 Å². The van der Waals surface area contributed by atoms with E-state index in [0.717, 1.165) is 37.9 Å². The lowest BCUT2D eigenvalue weighted by Gasteiger charge is -2.28. The van der Waals surface area contributed by atoms with Crippen LogP contribution in [0.1, 0.15) is 30.9 Å². The first-order valence-corrected chi connectivity index (χ1v) is 7.61. The molecule has 1 aromatic rings. The second kappa shape index (κ2) is 6.20. The zero-order chi connectivity index (χ0) is 13.9. The zero-order valence-electron chi connectivity index (χ0n) is 11.4. The number of aliphatic hydroxyl groups excluding tert-OH is 1. The molecule has 2 N–H and O–H groups in total. The van der Waals surface area contributed by atoms with Crippen LogP contribution in [0.2, 0.25) is 5.02 Å². The minimum atomic E-state index is -0.540. The lowest BCUT2D eigenvalue weighted by atomic mass is 9.88. The maximum absolute atomic E-state index is 10.6. The molecule has 0 bridgehead atoms. The Kier molecular flexibility index (Phi) is 4.34. The molecule has 0 aliphatic carbocycles. The molecule has 0 saturated carbocycles. The molecule has 1 unspecified atom stereocenters. The molecular weight excluding hydrogens is 278 g/mol. The monoisotopic (exact) mass is 297 g/mol. The first-order valence-electron chi connectivity index (χ1n) is 7.23. The van der Waals surface area contributed by atoms with E-state index in [1.54, 1.807) is 6.07 Å². The van der Waals surface area contributed by atoms with Crippen molar-refractivity contribution < 1.29 is 14.6 Å². The Morgan fingerprint density at radius 3 is 2.50 bits per heavy atom. The molecule has 2 heterocycles. The second-order valence-electron chi connectivity index (χ2n) is 5.40. The van der Waals surface area contributed by atoms with Crippen molar-refractivity contribution in [3.05, 3.63) is 22.7 Å². The van der Waals surface area contributed by atoms with Crippen LogP contribution in [-0.2, 0) is 0 Å². The van der Waals surface area contributed by atoms with Crippen molar-refractivity contribution in [1.82, 2.24) is 5.32 Å². The predicted octanol–water partition coefficient (Wildman–Crippen LogP) is 2.53. The van der Waals surface area contributed by atoms with Gasteiger partial charge in [-0.05, 0) is 37.9 Å². The number of nitrogens with one attached hydrogen (secondary N) is 1. The molecule has 1 aromatic carbocycles. The number of fused-ring (bicyclic) bond motifs is 1. The fourth-order valence-electron chi connectivity index (χ4n) is 2.84. The molecule has 20 heavy (non-hydrogen) atoms. The van der Waals surface area contributed by atoms with Gasteiger partial charge in [-0.15, -0.1) is 0 Å². The number of halogens is 1. The zero-order valence-corrected chi connectivity index (χ0v) is 12.2. The molecule has 2 aliphatic rings. The average Bonchev–Trinajstić information content (AvgIpc) is 2.71. The molecule has 2 aliphatic heterocycles. The lowest BCUT2D eigenvalue weighted by molar-refractivity contribution is 0.0887. The summed E-state index contributed by atoms with van der Waals surface area (Å²) in [5.74, 6) is 1.61. The Hall–Kier alpha value is -0.970. The van der Waals surface area contributed by atoms with Gasteiger partial charge < -0.3 is 19.9 Å². The fraction of sp³-hybridized carbons (Fsp3) is 0.600. The summed E-state index contributed by atoms with van der Waals surface area (Å²) < 4.78 is 11.3. The summed E-state index contributed by atoms with van der Waals surface area (Å²) in [6.45, 7) is 3.17. The third kappa shape index (κ3) is 2.87.